The van der Waals surface area contributed by atoms with Gasteiger partial charge >= 0.3 is 0 Å². The summed E-state index contributed by atoms with van der Waals surface area (Å²) >= 11 is 0. The van der Waals surface area contributed by atoms with Crippen LogP contribution in [0, 0.1) is 0 Å². The predicted molar refractivity (Wildman–Crippen MR) is 103 cm³/mol. The highest BCUT2D eigenvalue weighted by Crippen LogP contribution is 2.38. The molecule has 0 radical (unpaired) electrons. The van der Waals surface area contributed by atoms with Crippen molar-refractivity contribution in [3.8, 4) is 0 Å². The third kappa shape index (κ3) is 2.50. The molecular formula is C22H15N3O3. The van der Waals surface area contributed by atoms with Crippen LogP contribution in [-0.4, -0.2) is 20.8 Å². The molecule has 3 aromatic heterocycles. The molecule has 0 N–H and O–H groups in total. The minimum absolute atomic E-state index is 0.106. The maximum atomic E-state index is 13.3. The van der Waals surface area contributed by atoms with Gasteiger partial charge < -0.3 is 9.32 Å². The van der Waals surface area contributed by atoms with Crippen LogP contribution in [0.5, 0.6) is 0 Å². The number of hydrogen-bond donors (Lipinski definition) is 0. The average molecular weight is 369 g/mol. The molecular weight excluding hydrogens is 354 g/mol. The quantitative estimate of drug-likeness (QED) is 0.554. The zero-order valence-electron chi connectivity index (χ0n) is 14.8. The van der Waals surface area contributed by atoms with E-state index in [9.17, 15) is 9.59 Å². The summed E-state index contributed by atoms with van der Waals surface area (Å²) < 4.78 is 5.89. The van der Waals surface area contributed by atoms with Crippen molar-refractivity contribution in [1.29, 1.82) is 0 Å². The van der Waals surface area contributed by atoms with E-state index >= 15 is 0 Å². The van der Waals surface area contributed by atoms with E-state index in [1.807, 2.05) is 24.3 Å². The Hall–Kier alpha value is -3.80. The van der Waals surface area contributed by atoms with Crippen molar-refractivity contribution < 1.29 is 9.21 Å². The number of benzene rings is 1. The first-order chi connectivity index (χ1) is 13.7. The molecule has 5 rings (SSSR count). The van der Waals surface area contributed by atoms with Crippen molar-refractivity contribution in [2.24, 2.45) is 0 Å². The molecule has 1 unspecified atom stereocenters. The SMILES string of the molecule is O=C1c2oc3ccccc3c(=O)c2C(c2ccncc2)N1Cc1cccnc1. The first-order valence-electron chi connectivity index (χ1n) is 8.89. The zero-order valence-corrected chi connectivity index (χ0v) is 14.8. The molecule has 28 heavy (non-hydrogen) atoms. The Morgan fingerprint density at radius 3 is 2.54 bits per heavy atom. The van der Waals surface area contributed by atoms with Gasteiger partial charge in [-0.15, -0.1) is 0 Å². The summed E-state index contributed by atoms with van der Waals surface area (Å²) in [6.07, 6.45) is 6.71. The summed E-state index contributed by atoms with van der Waals surface area (Å²) in [5.74, 6) is -0.196. The summed E-state index contributed by atoms with van der Waals surface area (Å²) in [5, 5.41) is 0.469. The van der Waals surface area contributed by atoms with Crippen LogP contribution in [0.4, 0.5) is 0 Å². The third-order valence-corrected chi connectivity index (χ3v) is 4.97. The number of fused-ring (bicyclic) bond motifs is 2. The van der Waals surface area contributed by atoms with Crippen LogP contribution in [0.1, 0.15) is 33.3 Å². The second-order valence-corrected chi connectivity index (χ2v) is 6.65. The number of para-hydroxylation sites is 1. The van der Waals surface area contributed by atoms with Gasteiger partial charge in [0, 0.05) is 31.3 Å². The highest BCUT2D eigenvalue weighted by atomic mass is 16.3. The molecule has 0 aliphatic carbocycles. The van der Waals surface area contributed by atoms with Gasteiger partial charge in [-0.25, -0.2) is 0 Å². The Labute approximate surface area is 160 Å². The lowest BCUT2D eigenvalue weighted by Gasteiger charge is -2.25. The maximum Gasteiger partial charge on any atom is 0.291 e. The number of nitrogens with zero attached hydrogens (tertiary/aromatic N) is 3. The molecule has 1 aromatic carbocycles. The summed E-state index contributed by atoms with van der Waals surface area (Å²) in [4.78, 5) is 36.4. The van der Waals surface area contributed by atoms with E-state index in [2.05, 4.69) is 9.97 Å². The van der Waals surface area contributed by atoms with Gasteiger partial charge in [0.05, 0.1) is 17.0 Å². The Morgan fingerprint density at radius 2 is 1.75 bits per heavy atom. The fourth-order valence-electron chi connectivity index (χ4n) is 3.71. The molecule has 4 heterocycles. The van der Waals surface area contributed by atoms with E-state index in [-0.39, 0.29) is 17.1 Å². The van der Waals surface area contributed by atoms with Gasteiger partial charge in [0.15, 0.2) is 5.43 Å². The Bertz CT molecular complexity index is 1240. The fraction of sp³-hybridized carbons (Fsp3) is 0.0909. The highest BCUT2D eigenvalue weighted by Gasteiger charge is 2.42. The van der Waals surface area contributed by atoms with E-state index in [0.717, 1.165) is 11.1 Å². The molecule has 4 aromatic rings. The van der Waals surface area contributed by atoms with Crippen molar-refractivity contribution in [3.05, 3.63) is 106 Å². The lowest BCUT2D eigenvalue weighted by Crippen LogP contribution is -2.29. The smallest absolute Gasteiger partial charge is 0.291 e. The maximum absolute atomic E-state index is 13.3. The summed E-state index contributed by atoms with van der Waals surface area (Å²) in [6, 6.07) is 13.8. The van der Waals surface area contributed by atoms with E-state index in [4.69, 9.17) is 4.42 Å². The van der Waals surface area contributed by atoms with E-state index in [0.29, 0.717) is 23.1 Å². The minimum Gasteiger partial charge on any atom is -0.450 e. The summed E-state index contributed by atoms with van der Waals surface area (Å²) in [7, 11) is 0. The molecule has 1 atom stereocenters. The molecule has 136 valence electrons. The number of pyridine rings is 2. The van der Waals surface area contributed by atoms with E-state index < -0.39 is 6.04 Å². The molecule has 0 bridgehead atoms. The Kier molecular flexibility index (Phi) is 3.76. The van der Waals surface area contributed by atoms with Crippen LogP contribution in [0.2, 0.25) is 0 Å². The second kappa shape index (κ2) is 6.42. The number of amides is 1. The average Bonchev–Trinajstić information content (AvgIpc) is 3.02. The van der Waals surface area contributed by atoms with Crippen LogP contribution in [0.15, 0.2) is 82.5 Å². The van der Waals surface area contributed by atoms with Gasteiger partial charge in [0.1, 0.15) is 5.58 Å². The minimum atomic E-state index is -0.536. The van der Waals surface area contributed by atoms with Gasteiger partial charge in [0.25, 0.3) is 5.91 Å². The molecule has 0 spiro atoms. The van der Waals surface area contributed by atoms with Crippen LogP contribution in [0.25, 0.3) is 11.0 Å². The summed E-state index contributed by atoms with van der Waals surface area (Å²) in [5.41, 5.74) is 2.30. The number of hydrogen-bond acceptors (Lipinski definition) is 5. The van der Waals surface area contributed by atoms with Crippen molar-refractivity contribution in [2.75, 3.05) is 0 Å². The number of rotatable bonds is 3. The molecule has 1 aliphatic heterocycles. The number of carbonyl (C=O) groups is 1. The number of aromatic nitrogens is 2. The first-order valence-corrected chi connectivity index (χ1v) is 8.89. The predicted octanol–water partition coefficient (Wildman–Crippen LogP) is 3.33. The lowest BCUT2D eigenvalue weighted by atomic mass is 9.99. The van der Waals surface area contributed by atoms with Gasteiger partial charge in [-0.3, -0.25) is 19.6 Å². The molecule has 1 aliphatic rings. The van der Waals surface area contributed by atoms with Gasteiger partial charge in [-0.1, -0.05) is 18.2 Å². The molecule has 1 amide bonds. The monoisotopic (exact) mass is 369 g/mol. The Morgan fingerprint density at radius 1 is 0.929 bits per heavy atom. The highest BCUT2D eigenvalue weighted by molar-refractivity contribution is 5.99. The van der Waals surface area contributed by atoms with Crippen LogP contribution < -0.4 is 5.43 Å². The molecule has 6 heteroatoms. The van der Waals surface area contributed by atoms with Crippen LogP contribution >= 0.6 is 0 Å². The third-order valence-electron chi connectivity index (χ3n) is 4.97. The van der Waals surface area contributed by atoms with E-state index in [1.165, 1.54) is 0 Å². The molecule has 0 fully saturated rings. The van der Waals surface area contributed by atoms with Gasteiger partial charge in [-0.05, 0) is 41.5 Å². The van der Waals surface area contributed by atoms with Crippen molar-refractivity contribution in [1.82, 2.24) is 14.9 Å². The van der Waals surface area contributed by atoms with Crippen LogP contribution in [-0.2, 0) is 6.54 Å². The molecule has 0 saturated heterocycles. The normalized spacial score (nSPS) is 15.8. The van der Waals surface area contributed by atoms with E-state index in [1.54, 1.807) is 54.0 Å². The van der Waals surface area contributed by atoms with Gasteiger partial charge in [0.2, 0.25) is 5.76 Å². The largest absolute Gasteiger partial charge is 0.450 e. The van der Waals surface area contributed by atoms with Crippen molar-refractivity contribution >= 4 is 16.9 Å². The van der Waals surface area contributed by atoms with Gasteiger partial charge in [-0.2, -0.15) is 0 Å². The summed E-state index contributed by atoms with van der Waals surface area (Å²) in [6.45, 7) is 0.319. The molecule has 6 nitrogen and oxygen atoms in total. The number of carbonyl (C=O) groups excluding carboxylic acids is 1. The van der Waals surface area contributed by atoms with Crippen molar-refractivity contribution in [3.63, 3.8) is 0 Å². The standard InChI is InChI=1S/C22H15N3O3/c26-20-16-5-1-2-6-17(16)28-21-18(20)19(15-7-10-23-11-8-15)25(22(21)27)13-14-4-3-9-24-12-14/h1-12,19H,13H2. The Balaban J connectivity index is 1.74. The van der Waals surface area contributed by atoms with Crippen molar-refractivity contribution in [2.45, 2.75) is 12.6 Å². The molecule has 0 saturated carbocycles. The van der Waals surface area contributed by atoms with Crippen LogP contribution in [0.3, 0.4) is 0 Å². The second-order valence-electron chi connectivity index (χ2n) is 6.65. The topological polar surface area (TPSA) is 76.3 Å². The zero-order chi connectivity index (χ0) is 19.1. The lowest BCUT2D eigenvalue weighted by molar-refractivity contribution is 0.0714. The first kappa shape index (κ1) is 16.4. The fourth-order valence-corrected chi connectivity index (χ4v) is 3.71.